The summed E-state index contributed by atoms with van der Waals surface area (Å²) in [6.07, 6.45) is 0. The predicted molar refractivity (Wildman–Crippen MR) is 88.8 cm³/mol. The van der Waals surface area contributed by atoms with E-state index >= 15 is 0 Å². The fraction of sp³-hybridized carbons (Fsp3) is 0.0625. The third-order valence-corrected chi connectivity index (χ3v) is 4.44. The van der Waals surface area contributed by atoms with E-state index in [2.05, 4.69) is 4.99 Å². The lowest BCUT2D eigenvalue weighted by atomic mass is 10.2. The second-order valence-corrected chi connectivity index (χ2v) is 6.21. The monoisotopic (exact) mass is 346 g/mol. The molecule has 0 saturated carbocycles. The lowest BCUT2D eigenvalue weighted by Crippen LogP contribution is -2.21. The van der Waals surface area contributed by atoms with Gasteiger partial charge in [-0.25, -0.2) is 0 Å². The van der Waals surface area contributed by atoms with Crippen molar-refractivity contribution in [3.63, 3.8) is 0 Å². The van der Waals surface area contributed by atoms with Gasteiger partial charge in [-0.15, -0.1) is 0 Å². The van der Waals surface area contributed by atoms with Gasteiger partial charge in [-0.2, -0.15) is 4.99 Å². The van der Waals surface area contributed by atoms with E-state index < -0.39 is 11.9 Å². The average molecular weight is 347 g/mol. The standard InChI is InChI=1S/C16H11ClN2O3S/c17-11-5-3-4-10(8-11)15(22)18-16-19(9-14(20)21)12-6-1-2-7-13(12)23-16/h1-8H,9H2,(H,20,21)/b18-16-. The number of halogens is 1. The summed E-state index contributed by atoms with van der Waals surface area (Å²) < 4.78 is 2.39. The highest BCUT2D eigenvalue weighted by Crippen LogP contribution is 2.17. The SMILES string of the molecule is O=C(O)Cn1/c(=N/C(=O)c2cccc(Cl)c2)sc2ccccc21. The molecule has 3 rings (SSSR count). The molecule has 7 heteroatoms. The molecule has 1 heterocycles. The van der Waals surface area contributed by atoms with Gasteiger partial charge in [0.15, 0.2) is 4.80 Å². The molecule has 5 nitrogen and oxygen atoms in total. The lowest BCUT2D eigenvalue weighted by Gasteiger charge is -2.01. The summed E-state index contributed by atoms with van der Waals surface area (Å²) in [7, 11) is 0. The topological polar surface area (TPSA) is 71.7 Å². The molecule has 0 aliphatic rings. The first-order valence-corrected chi connectivity index (χ1v) is 7.89. The van der Waals surface area contributed by atoms with Gasteiger partial charge in [-0.3, -0.25) is 9.59 Å². The molecule has 0 fully saturated rings. The minimum Gasteiger partial charge on any atom is -0.480 e. The summed E-state index contributed by atoms with van der Waals surface area (Å²) in [5.74, 6) is -1.46. The van der Waals surface area contributed by atoms with Crippen molar-refractivity contribution in [1.29, 1.82) is 0 Å². The first kappa shape index (κ1) is 15.5. The Morgan fingerprint density at radius 2 is 1.96 bits per heavy atom. The first-order valence-electron chi connectivity index (χ1n) is 6.69. The van der Waals surface area contributed by atoms with Crippen molar-refractivity contribution >= 4 is 45.0 Å². The fourth-order valence-corrected chi connectivity index (χ4v) is 3.39. The first-order chi connectivity index (χ1) is 11.0. The minimum atomic E-state index is -0.995. The zero-order valence-electron chi connectivity index (χ0n) is 11.8. The van der Waals surface area contributed by atoms with E-state index in [0.717, 1.165) is 10.2 Å². The van der Waals surface area contributed by atoms with Crippen molar-refractivity contribution in [2.75, 3.05) is 0 Å². The molecule has 23 heavy (non-hydrogen) atoms. The molecule has 0 aliphatic heterocycles. The maximum absolute atomic E-state index is 12.3. The van der Waals surface area contributed by atoms with Crippen molar-refractivity contribution in [2.45, 2.75) is 6.54 Å². The van der Waals surface area contributed by atoms with E-state index in [9.17, 15) is 9.59 Å². The number of carbonyl (C=O) groups is 2. The summed E-state index contributed by atoms with van der Waals surface area (Å²) in [6, 6.07) is 13.8. The molecule has 0 saturated heterocycles. The number of carbonyl (C=O) groups excluding carboxylic acids is 1. The Morgan fingerprint density at radius 3 is 2.70 bits per heavy atom. The molecule has 0 radical (unpaired) electrons. The normalized spacial score (nSPS) is 11.8. The van der Waals surface area contributed by atoms with E-state index in [4.69, 9.17) is 16.7 Å². The van der Waals surface area contributed by atoms with Gasteiger partial charge in [0.25, 0.3) is 5.91 Å². The van der Waals surface area contributed by atoms with Crippen LogP contribution in [0.5, 0.6) is 0 Å². The van der Waals surface area contributed by atoms with E-state index in [1.165, 1.54) is 22.0 Å². The summed E-state index contributed by atoms with van der Waals surface area (Å²) >= 11 is 7.15. The van der Waals surface area contributed by atoms with Crippen molar-refractivity contribution in [1.82, 2.24) is 4.57 Å². The number of hydrogen-bond acceptors (Lipinski definition) is 3. The van der Waals surface area contributed by atoms with Crippen LogP contribution in [0.15, 0.2) is 53.5 Å². The van der Waals surface area contributed by atoms with Crippen LogP contribution in [-0.2, 0) is 11.3 Å². The number of aliphatic carboxylic acids is 1. The van der Waals surface area contributed by atoms with Gasteiger partial charge >= 0.3 is 5.97 Å². The average Bonchev–Trinajstić information content (AvgIpc) is 2.84. The summed E-state index contributed by atoms with van der Waals surface area (Å²) in [5.41, 5.74) is 1.09. The second-order valence-electron chi connectivity index (χ2n) is 4.76. The van der Waals surface area contributed by atoms with Crippen LogP contribution in [0.2, 0.25) is 5.02 Å². The summed E-state index contributed by atoms with van der Waals surface area (Å²) in [6.45, 7) is -0.258. The van der Waals surface area contributed by atoms with Crippen LogP contribution >= 0.6 is 22.9 Å². The smallest absolute Gasteiger partial charge is 0.323 e. The van der Waals surface area contributed by atoms with Crippen molar-refractivity contribution in [3.8, 4) is 0 Å². The van der Waals surface area contributed by atoms with E-state index in [1.807, 2.05) is 18.2 Å². The number of fused-ring (bicyclic) bond motifs is 1. The highest BCUT2D eigenvalue weighted by Gasteiger charge is 2.11. The number of carboxylic acid groups (broad SMARTS) is 1. The third kappa shape index (κ3) is 3.33. The summed E-state index contributed by atoms with van der Waals surface area (Å²) in [4.78, 5) is 27.8. The largest absolute Gasteiger partial charge is 0.480 e. The molecule has 116 valence electrons. The number of para-hydroxylation sites is 1. The van der Waals surface area contributed by atoms with Crippen molar-refractivity contribution in [2.24, 2.45) is 4.99 Å². The van der Waals surface area contributed by atoms with Gasteiger partial charge in [0, 0.05) is 10.6 Å². The van der Waals surface area contributed by atoms with Crippen molar-refractivity contribution in [3.05, 3.63) is 63.9 Å². The van der Waals surface area contributed by atoms with Gasteiger partial charge in [-0.1, -0.05) is 41.1 Å². The molecular formula is C16H11ClN2O3S. The van der Waals surface area contributed by atoms with Crippen LogP contribution in [0, 0.1) is 0 Å². The molecule has 1 N–H and O–H groups in total. The van der Waals surface area contributed by atoms with Crippen molar-refractivity contribution < 1.29 is 14.7 Å². The van der Waals surface area contributed by atoms with Gasteiger partial charge in [0.2, 0.25) is 0 Å². The molecule has 0 bridgehead atoms. The zero-order valence-corrected chi connectivity index (χ0v) is 13.3. The Morgan fingerprint density at radius 1 is 1.17 bits per heavy atom. The molecule has 3 aromatic rings. The third-order valence-electron chi connectivity index (χ3n) is 3.15. The molecule has 0 atom stereocenters. The van der Waals surface area contributed by atoms with E-state index in [1.54, 1.807) is 24.3 Å². The van der Waals surface area contributed by atoms with Crippen LogP contribution < -0.4 is 4.80 Å². The number of carboxylic acids is 1. The Labute approximate surface area is 140 Å². The van der Waals surface area contributed by atoms with E-state index in [-0.39, 0.29) is 6.54 Å². The number of amides is 1. The number of hydrogen-bond donors (Lipinski definition) is 1. The molecule has 0 aliphatic carbocycles. The molecule has 1 aromatic heterocycles. The Balaban J connectivity index is 2.14. The van der Waals surface area contributed by atoms with Crippen LogP contribution in [0.1, 0.15) is 10.4 Å². The number of nitrogens with zero attached hydrogens (tertiary/aromatic N) is 2. The van der Waals surface area contributed by atoms with Gasteiger partial charge in [-0.05, 0) is 30.3 Å². The van der Waals surface area contributed by atoms with Crippen LogP contribution in [0.25, 0.3) is 10.2 Å². The number of benzene rings is 2. The molecule has 0 spiro atoms. The number of aromatic nitrogens is 1. The van der Waals surface area contributed by atoms with E-state index in [0.29, 0.717) is 15.4 Å². The van der Waals surface area contributed by atoms with Gasteiger partial charge in [0.05, 0.1) is 10.2 Å². The van der Waals surface area contributed by atoms with Crippen LogP contribution in [0.3, 0.4) is 0 Å². The lowest BCUT2D eigenvalue weighted by molar-refractivity contribution is -0.137. The molecule has 1 amide bonds. The Hall–Kier alpha value is -2.44. The quantitative estimate of drug-likeness (QED) is 0.791. The van der Waals surface area contributed by atoms with Gasteiger partial charge < -0.3 is 9.67 Å². The summed E-state index contributed by atoms with van der Waals surface area (Å²) in [5, 5.41) is 9.54. The molecule has 0 unspecified atom stereocenters. The molecular weight excluding hydrogens is 336 g/mol. The highest BCUT2D eigenvalue weighted by molar-refractivity contribution is 7.16. The Kier molecular flexibility index (Phi) is 4.27. The zero-order chi connectivity index (χ0) is 16.4. The molecule has 2 aromatic carbocycles. The van der Waals surface area contributed by atoms with Crippen LogP contribution in [0.4, 0.5) is 0 Å². The minimum absolute atomic E-state index is 0.258. The number of rotatable bonds is 3. The fourth-order valence-electron chi connectivity index (χ4n) is 2.17. The second kappa shape index (κ2) is 6.36. The Bertz CT molecular complexity index is 975. The number of thiazole rings is 1. The van der Waals surface area contributed by atoms with Crippen LogP contribution in [-0.4, -0.2) is 21.6 Å². The predicted octanol–water partition coefficient (Wildman–Crippen LogP) is 3.18. The highest BCUT2D eigenvalue weighted by atomic mass is 35.5. The maximum Gasteiger partial charge on any atom is 0.323 e. The van der Waals surface area contributed by atoms with Gasteiger partial charge in [0.1, 0.15) is 6.54 Å². The maximum atomic E-state index is 12.3.